The lowest BCUT2D eigenvalue weighted by molar-refractivity contribution is -0.136. The number of hydrogen-bond acceptors (Lipinski definition) is 6. The highest BCUT2D eigenvalue weighted by Crippen LogP contribution is 2.23. The molecule has 34 heavy (non-hydrogen) atoms. The maximum atomic E-state index is 13.1. The maximum absolute atomic E-state index is 13.1. The molecule has 0 spiro atoms. The molecule has 11 heteroatoms. The summed E-state index contributed by atoms with van der Waals surface area (Å²) in [5.41, 5.74) is 0.219. The van der Waals surface area contributed by atoms with E-state index in [0.717, 1.165) is 39.8 Å². The van der Waals surface area contributed by atoms with Crippen molar-refractivity contribution in [1.29, 1.82) is 0 Å². The van der Waals surface area contributed by atoms with E-state index in [1.54, 1.807) is 12.1 Å². The molecule has 1 aromatic heterocycles. The number of aliphatic hydroxyl groups is 1. The average molecular weight is 535 g/mol. The first-order valence-electron chi connectivity index (χ1n) is 10.9. The van der Waals surface area contributed by atoms with E-state index in [1.807, 2.05) is 13.8 Å². The van der Waals surface area contributed by atoms with E-state index in [-0.39, 0.29) is 46.5 Å². The number of thiophene rings is 1. The molecular formula is C23H32ClFN2O5S2. The van der Waals surface area contributed by atoms with E-state index in [9.17, 15) is 22.7 Å². The number of aryl methyl sites for hydroxylation is 2. The number of nitrogens with one attached hydrogen (secondary N) is 1. The second-order valence-electron chi connectivity index (χ2n) is 8.95. The number of β-amino-alcohol motifs (C(OH)–C–C–N with tert-alkyl or cyclic N) is 1. The highest BCUT2D eigenvalue weighted by Gasteiger charge is 2.25. The minimum Gasteiger partial charge on any atom is -0.481 e. The lowest BCUT2D eigenvalue weighted by atomic mass is 9.96. The van der Waals surface area contributed by atoms with Gasteiger partial charge >= 0.3 is 5.97 Å². The zero-order valence-electron chi connectivity index (χ0n) is 19.6. The molecule has 0 fully saturated rings. The number of sulfonamides is 1. The lowest BCUT2D eigenvalue weighted by Crippen LogP contribution is -2.46. The fourth-order valence-corrected chi connectivity index (χ4v) is 5.87. The molecule has 0 radical (unpaired) electrons. The Labute approximate surface area is 209 Å². The molecule has 3 N–H and O–H groups in total. The number of hydrogen-bond donors (Lipinski definition) is 3. The van der Waals surface area contributed by atoms with E-state index < -0.39 is 22.1 Å². The fourth-order valence-electron chi connectivity index (χ4n) is 3.48. The zero-order chi connectivity index (χ0) is 25.5. The molecule has 0 amide bonds. The van der Waals surface area contributed by atoms with Crippen LogP contribution in [0.1, 0.15) is 43.6 Å². The largest absolute Gasteiger partial charge is 0.481 e. The quantitative estimate of drug-likeness (QED) is 0.339. The number of benzene rings is 1. The van der Waals surface area contributed by atoms with Crippen LogP contribution in [0.5, 0.6) is 0 Å². The summed E-state index contributed by atoms with van der Waals surface area (Å²) in [5.74, 6) is -0.986. The number of likely N-dealkylation sites (N-methyl/N-ethyl adjacent to an activating group) is 1. The van der Waals surface area contributed by atoms with Gasteiger partial charge in [0.25, 0.3) is 0 Å². The first kappa shape index (κ1) is 28.7. The number of carbonyl (C=O) groups is 1. The summed E-state index contributed by atoms with van der Waals surface area (Å²) in [6.07, 6.45) is 1.50. The molecule has 0 bridgehead atoms. The van der Waals surface area contributed by atoms with Crippen molar-refractivity contribution >= 4 is 38.9 Å². The van der Waals surface area contributed by atoms with Crippen molar-refractivity contribution in [2.75, 3.05) is 20.1 Å². The summed E-state index contributed by atoms with van der Waals surface area (Å²) in [7, 11) is -2.55. The number of aliphatic carboxylic acids is 1. The molecule has 2 rings (SSSR count). The van der Waals surface area contributed by atoms with Crippen LogP contribution in [0.25, 0.3) is 0 Å². The van der Waals surface area contributed by atoms with Crippen molar-refractivity contribution in [2.45, 2.75) is 62.5 Å². The SMILES string of the molecule is CN(CC(O)CNC(C)(C)CCCc1ccc(F)s1)S(=O)(=O)c1cc(Cl)cc(CCC(=O)O)c1. The second kappa shape index (κ2) is 12.4. The van der Waals surface area contributed by atoms with Crippen LogP contribution in [0.15, 0.2) is 35.2 Å². The van der Waals surface area contributed by atoms with E-state index in [1.165, 1.54) is 25.2 Å². The third kappa shape index (κ3) is 9.24. The van der Waals surface area contributed by atoms with E-state index >= 15 is 0 Å². The van der Waals surface area contributed by atoms with Gasteiger partial charge in [-0.3, -0.25) is 4.79 Å². The smallest absolute Gasteiger partial charge is 0.303 e. The molecule has 1 atom stereocenters. The second-order valence-corrected chi connectivity index (χ2v) is 12.6. The van der Waals surface area contributed by atoms with Crippen molar-refractivity contribution in [1.82, 2.24) is 9.62 Å². The maximum Gasteiger partial charge on any atom is 0.303 e. The minimum atomic E-state index is -3.93. The summed E-state index contributed by atoms with van der Waals surface area (Å²) in [4.78, 5) is 11.8. The Morgan fingerprint density at radius 1 is 1.26 bits per heavy atom. The summed E-state index contributed by atoms with van der Waals surface area (Å²) in [5, 5.41) is 22.6. The number of aliphatic hydroxyl groups excluding tert-OH is 1. The first-order valence-corrected chi connectivity index (χ1v) is 13.6. The molecule has 1 heterocycles. The van der Waals surface area contributed by atoms with Crippen molar-refractivity contribution in [3.8, 4) is 0 Å². The molecule has 0 saturated carbocycles. The predicted octanol–water partition coefficient (Wildman–Crippen LogP) is 3.93. The molecule has 190 valence electrons. The fraction of sp³-hybridized carbons (Fsp3) is 0.522. The van der Waals surface area contributed by atoms with Crippen LogP contribution < -0.4 is 5.32 Å². The van der Waals surface area contributed by atoms with E-state index in [4.69, 9.17) is 16.7 Å². The summed E-state index contributed by atoms with van der Waals surface area (Å²) < 4.78 is 40.1. The number of carboxylic acid groups (broad SMARTS) is 1. The topological polar surface area (TPSA) is 107 Å². The lowest BCUT2D eigenvalue weighted by Gasteiger charge is -2.29. The number of halogens is 2. The van der Waals surface area contributed by atoms with Gasteiger partial charge < -0.3 is 15.5 Å². The summed E-state index contributed by atoms with van der Waals surface area (Å²) >= 11 is 7.20. The van der Waals surface area contributed by atoms with Gasteiger partial charge in [-0.25, -0.2) is 8.42 Å². The molecule has 0 aliphatic rings. The van der Waals surface area contributed by atoms with Crippen molar-refractivity contribution in [2.24, 2.45) is 0 Å². The third-order valence-electron chi connectivity index (χ3n) is 5.40. The van der Waals surface area contributed by atoms with Gasteiger partial charge in [-0.05, 0) is 75.4 Å². The van der Waals surface area contributed by atoms with Gasteiger partial charge in [0, 0.05) is 42.0 Å². The molecular weight excluding hydrogens is 503 g/mol. The monoisotopic (exact) mass is 534 g/mol. The van der Waals surface area contributed by atoms with Gasteiger partial charge in [-0.15, -0.1) is 11.3 Å². The van der Waals surface area contributed by atoms with Crippen molar-refractivity contribution < 1.29 is 27.8 Å². The number of nitrogens with zero attached hydrogens (tertiary/aromatic N) is 1. The predicted molar refractivity (Wildman–Crippen MR) is 133 cm³/mol. The van der Waals surface area contributed by atoms with Crippen LogP contribution in [0, 0.1) is 5.13 Å². The Kier molecular flexibility index (Phi) is 10.5. The van der Waals surface area contributed by atoms with Gasteiger partial charge in [-0.1, -0.05) is 11.6 Å². The van der Waals surface area contributed by atoms with E-state index in [2.05, 4.69) is 5.32 Å². The van der Waals surface area contributed by atoms with Crippen molar-refractivity contribution in [3.63, 3.8) is 0 Å². The van der Waals surface area contributed by atoms with Gasteiger partial charge in [0.15, 0.2) is 5.13 Å². The Balaban J connectivity index is 1.89. The summed E-state index contributed by atoms with van der Waals surface area (Å²) in [6, 6.07) is 7.51. The van der Waals surface area contributed by atoms with Crippen LogP contribution in [0.4, 0.5) is 4.39 Å². The number of rotatable bonds is 14. The average Bonchev–Trinajstić information content (AvgIpc) is 3.15. The molecule has 0 aliphatic carbocycles. The van der Waals surface area contributed by atoms with Crippen LogP contribution in [-0.4, -0.2) is 60.7 Å². The van der Waals surface area contributed by atoms with Crippen LogP contribution >= 0.6 is 22.9 Å². The van der Waals surface area contributed by atoms with Gasteiger partial charge in [0.05, 0.1) is 11.0 Å². The third-order valence-corrected chi connectivity index (χ3v) is 8.36. The van der Waals surface area contributed by atoms with Gasteiger partial charge in [-0.2, -0.15) is 8.70 Å². The molecule has 1 aromatic carbocycles. The highest BCUT2D eigenvalue weighted by molar-refractivity contribution is 7.89. The van der Waals surface area contributed by atoms with Crippen LogP contribution in [0.3, 0.4) is 0 Å². The van der Waals surface area contributed by atoms with Crippen LogP contribution in [0.2, 0.25) is 5.02 Å². The Hall–Kier alpha value is -1.56. The molecule has 2 aromatic rings. The first-order chi connectivity index (χ1) is 15.8. The van der Waals surface area contributed by atoms with Crippen LogP contribution in [-0.2, 0) is 27.7 Å². The Bertz CT molecular complexity index is 1080. The highest BCUT2D eigenvalue weighted by atomic mass is 35.5. The standard InChI is InChI=1S/C23H32ClFN2O5S2/c1-23(2,10-4-5-19-7-8-21(25)33-19)26-14-18(28)15-27(3)34(31,32)20-12-16(6-9-22(29)30)11-17(24)13-20/h7-8,11-13,18,26,28H,4-6,9-10,14-15H2,1-3H3,(H,29,30). The number of carboxylic acids is 1. The normalized spacial score (nSPS) is 13.4. The Morgan fingerprint density at radius 3 is 2.59 bits per heavy atom. The Morgan fingerprint density at radius 2 is 1.97 bits per heavy atom. The van der Waals surface area contributed by atoms with Gasteiger partial charge in [0.1, 0.15) is 0 Å². The zero-order valence-corrected chi connectivity index (χ0v) is 21.9. The van der Waals surface area contributed by atoms with Gasteiger partial charge in [0.2, 0.25) is 10.0 Å². The van der Waals surface area contributed by atoms with E-state index in [0.29, 0.717) is 5.56 Å². The summed E-state index contributed by atoms with van der Waals surface area (Å²) in [6.45, 7) is 4.07. The molecule has 1 unspecified atom stereocenters. The molecule has 7 nitrogen and oxygen atoms in total. The molecule has 0 aliphatic heterocycles. The van der Waals surface area contributed by atoms with Crippen molar-refractivity contribution in [3.05, 3.63) is 50.9 Å². The minimum absolute atomic E-state index is 0.0478. The molecule has 0 saturated heterocycles.